The summed E-state index contributed by atoms with van der Waals surface area (Å²) in [4.78, 5) is 0. The maximum Gasteiger partial charge on any atom is 0.119 e. The van der Waals surface area contributed by atoms with Crippen molar-refractivity contribution < 1.29 is 4.74 Å². The van der Waals surface area contributed by atoms with E-state index in [9.17, 15) is 0 Å². The zero-order valence-electron chi connectivity index (χ0n) is 11.1. The lowest BCUT2D eigenvalue weighted by Gasteiger charge is -2.12. The topological polar surface area (TPSA) is 39.1 Å². The number of aryl methyl sites for hydroxylation is 1. The molecule has 102 valence electrons. The molecule has 1 atom stereocenters. The van der Waals surface area contributed by atoms with Gasteiger partial charge in [-0.1, -0.05) is 15.9 Å². The first-order valence-corrected chi connectivity index (χ1v) is 7.05. The molecule has 5 heteroatoms. The fourth-order valence-corrected chi connectivity index (χ4v) is 2.02. The van der Waals surface area contributed by atoms with E-state index < -0.39 is 0 Å². The Morgan fingerprint density at radius 3 is 2.74 bits per heavy atom. The molecule has 0 bridgehead atoms. The number of aromatic nitrogens is 2. The number of rotatable bonds is 6. The number of hydrogen-bond acceptors (Lipinski definition) is 3. The zero-order valence-corrected chi connectivity index (χ0v) is 12.7. The predicted molar refractivity (Wildman–Crippen MR) is 79.3 cm³/mol. The lowest BCUT2D eigenvalue weighted by atomic mass is 10.2. The average molecular weight is 324 g/mol. The molecule has 1 heterocycles. The van der Waals surface area contributed by atoms with Crippen molar-refractivity contribution in [2.75, 3.05) is 13.2 Å². The monoisotopic (exact) mass is 323 g/mol. The van der Waals surface area contributed by atoms with Crippen LogP contribution in [0.5, 0.6) is 5.75 Å². The number of halogens is 1. The molecule has 0 fully saturated rings. The summed E-state index contributed by atoms with van der Waals surface area (Å²) in [6, 6.07) is 8.13. The van der Waals surface area contributed by atoms with Gasteiger partial charge >= 0.3 is 0 Å². The van der Waals surface area contributed by atoms with E-state index in [1.165, 1.54) is 5.56 Å². The SMILES string of the molecule is C[C@H](NCCOc1ccc(Br)cc1)c1cnn(C)c1. The summed E-state index contributed by atoms with van der Waals surface area (Å²) in [7, 11) is 1.92. The van der Waals surface area contributed by atoms with Crippen molar-refractivity contribution in [2.45, 2.75) is 13.0 Å². The summed E-state index contributed by atoms with van der Waals surface area (Å²) in [6.07, 6.45) is 3.90. The van der Waals surface area contributed by atoms with Crippen LogP contribution in [0.25, 0.3) is 0 Å². The van der Waals surface area contributed by atoms with Gasteiger partial charge in [0.25, 0.3) is 0 Å². The summed E-state index contributed by atoms with van der Waals surface area (Å²) >= 11 is 3.40. The van der Waals surface area contributed by atoms with Crippen molar-refractivity contribution in [3.05, 3.63) is 46.7 Å². The van der Waals surface area contributed by atoms with E-state index in [0.717, 1.165) is 16.8 Å². The molecule has 0 spiro atoms. The Morgan fingerprint density at radius 2 is 2.11 bits per heavy atom. The minimum Gasteiger partial charge on any atom is -0.492 e. The molecule has 19 heavy (non-hydrogen) atoms. The van der Waals surface area contributed by atoms with Gasteiger partial charge < -0.3 is 10.1 Å². The van der Waals surface area contributed by atoms with Crippen LogP contribution in [0.15, 0.2) is 41.1 Å². The van der Waals surface area contributed by atoms with E-state index >= 15 is 0 Å². The maximum atomic E-state index is 5.65. The Morgan fingerprint density at radius 1 is 1.37 bits per heavy atom. The molecule has 1 N–H and O–H groups in total. The molecule has 1 aromatic heterocycles. The van der Waals surface area contributed by atoms with Gasteiger partial charge in [0.05, 0.1) is 6.20 Å². The second kappa shape index (κ2) is 6.73. The van der Waals surface area contributed by atoms with Crippen molar-refractivity contribution in [1.82, 2.24) is 15.1 Å². The fourth-order valence-electron chi connectivity index (χ4n) is 1.76. The first-order valence-electron chi connectivity index (χ1n) is 6.25. The molecular formula is C14H18BrN3O. The molecule has 2 rings (SSSR count). The highest BCUT2D eigenvalue weighted by atomic mass is 79.9. The minimum absolute atomic E-state index is 0.280. The highest BCUT2D eigenvalue weighted by Gasteiger charge is 2.06. The minimum atomic E-state index is 0.280. The van der Waals surface area contributed by atoms with Crippen LogP contribution in [-0.4, -0.2) is 22.9 Å². The number of nitrogens with one attached hydrogen (secondary N) is 1. The number of hydrogen-bond donors (Lipinski definition) is 1. The Labute approximate surface area is 121 Å². The van der Waals surface area contributed by atoms with Crippen LogP contribution in [0.2, 0.25) is 0 Å². The summed E-state index contributed by atoms with van der Waals surface area (Å²) < 4.78 is 8.52. The Balaban J connectivity index is 1.70. The normalized spacial score (nSPS) is 12.4. The van der Waals surface area contributed by atoms with Crippen LogP contribution in [0.3, 0.4) is 0 Å². The van der Waals surface area contributed by atoms with Gasteiger partial charge in [0.1, 0.15) is 12.4 Å². The fraction of sp³-hybridized carbons (Fsp3) is 0.357. The van der Waals surface area contributed by atoms with Gasteiger partial charge in [0, 0.05) is 35.9 Å². The summed E-state index contributed by atoms with van der Waals surface area (Å²) in [5, 5.41) is 7.57. The van der Waals surface area contributed by atoms with Crippen LogP contribution in [0, 0.1) is 0 Å². The summed E-state index contributed by atoms with van der Waals surface area (Å²) in [6.45, 7) is 3.56. The molecule has 0 aliphatic carbocycles. The van der Waals surface area contributed by atoms with Crippen molar-refractivity contribution in [3.8, 4) is 5.75 Å². The molecule has 4 nitrogen and oxygen atoms in total. The molecule has 2 aromatic rings. The lowest BCUT2D eigenvalue weighted by Crippen LogP contribution is -2.24. The highest BCUT2D eigenvalue weighted by molar-refractivity contribution is 9.10. The van der Waals surface area contributed by atoms with Crippen molar-refractivity contribution in [3.63, 3.8) is 0 Å². The van der Waals surface area contributed by atoms with Gasteiger partial charge in [0.2, 0.25) is 0 Å². The second-order valence-electron chi connectivity index (χ2n) is 4.43. The van der Waals surface area contributed by atoms with E-state index in [4.69, 9.17) is 4.74 Å². The number of benzene rings is 1. The molecule has 0 aliphatic heterocycles. The molecule has 0 amide bonds. The first-order chi connectivity index (χ1) is 9.15. The number of nitrogens with zero attached hydrogens (tertiary/aromatic N) is 2. The molecule has 1 aromatic carbocycles. The molecule has 0 radical (unpaired) electrons. The molecule has 0 aliphatic rings. The lowest BCUT2D eigenvalue weighted by molar-refractivity contribution is 0.307. The average Bonchev–Trinajstić information content (AvgIpc) is 2.83. The molecule has 0 unspecified atom stereocenters. The van der Waals surface area contributed by atoms with Gasteiger partial charge in [-0.2, -0.15) is 5.10 Å². The van der Waals surface area contributed by atoms with Crippen LogP contribution >= 0.6 is 15.9 Å². The second-order valence-corrected chi connectivity index (χ2v) is 5.34. The van der Waals surface area contributed by atoms with Crippen molar-refractivity contribution in [2.24, 2.45) is 7.05 Å². The van der Waals surface area contributed by atoms with Gasteiger partial charge in [-0.15, -0.1) is 0 Å². The Kier molecular flexibility index (Phi) is 4.99. The molecule has 0 saturated carbocycles. The summed E-state index contributed by atoms with van der Waals surface area (Å²) in [5.74, 6) is 0.888. The van der Waals surface area contributed by atoms with E-state index in [1.807, 2.05) is 48.4 Å². The van der Waals surface area contributed by atoms with E-state index in [-0.39, 0.29) is 6.04 Å². The largest absolute Gasteiger partial charge is 0.492 e. The van der Waals surface area contributed by atoms with Crippen LogP contribution in [0.1, 0.15) is 18.5 Å². The van der Waals surface area contributed by atoms with Gasteiger partial charge in [-0.25, -0.2) is 0 Å². The smallest absolute Gasteiger partial charge is 0.119 e. The van der Waals surface area contributed by atoms with Crippen molar-refractivity contribution in [1.29, 1.82) is 0 Å². The van der Waals surface area contributed by atoms with E-state index in [2.05, 4.69) is 33.3 Å². The summed E-state index contributed by atoms with van der Waals surface area (Å²) in [5.41, 5.74) is 1.19. The third-order valence-corrected chi connectivity index (χ3v) is 3.39. The highest BCUT2D eigenvalue weighted by Crippen LogP contribution is 2.16. The van der Waals surface area contributed by atoms with Crippen molar-refractivity contribution >= 4 is 15.9 Å². The van der Waals surface area contributed by atoms with Gasteiger partial charge in [-0.05, 0) is 31.2 Å². The predicted octanol–water partition coefficient (Wildman–Crippen LogP) is 2.91. The Bertz CT molecular complexity index is 510. The molecule has 0 saturated heterocycles. The van der Waals surface area contributed by atoms with Gasteiger partial charge in [0.15, 0.2) is 0 Å². The van der Waals surface area contributed by atoms with Crippen LogP contribution < -0.4 is 10.1 Å². The van der Waals surface area contributed by atoms with Crippen LogP contribution in [0.4, 0.5) is 0 Å². The third kappa shape index (κ3) is 4.36. The van der Waals surface area contributed by atoms with Crippen LogP contribution in [-0.2, 0) is 7.05 Å². The standard InChI is InChI=1S/C14H18BrN3O/c1-11(12-9-17-18(2)10-12)16-7-8-19-14-5-3-13(15)4-6-14/h3-6,9-11,16H,7-8H2,1-2H3/t11-/m0/s1. The van der Waals surface area contributed by atoms with Gasteiger partial charge in [-0.3, -0.25) is 4.68 Å². The number of ether oxygens (including phenoxy) is 1. The zero-order chi connectivity index (χ0) is 13.7. The third-order valence-electron chi connectivity index (χ3n) is 2.86. The molecular weight excluding hydrogens is 306 g/mol. The van der Waals surface area contributed by atoms with E-state index in [0.29, 0.717) is 6.61 Å². The first kappa shape index (κ1) is 14.1. The van der Waals surface area contributed by atoms with E-state index in [1.54, 1.807) is 0 Å². The quantitative estimate of drug-likeness (QED) is 0.831. The maximum absolute atomic E-state index is 5.65. The Hall–Kier alpha value is -1.33.